The predicted molar refractivity (Wildman–Crippen MR) is 97.2 cm³/mol. The lowest BCUT2D eigenvalue weighted by Gasteiger charge is -2.14. The number of aryl methyl sites for hydroxylation is 1. The Labute approximate surface area is 144 Å². The first kappa shape index (κ1) is 17.5. The van der Waals surface area contributed by atoms with Gasteiger partial charge in [-0.15, -0.1) is 0 Å². The maximum atomic E-state index is 10.9. The number of rotatable bonds is 5. The fourth-order valence-electron chi connectivity index (χ4n) is 2.06. The molecule has 0 saturated heterocycles. The number of thiocarbonyl (C=S) groups is 1. The molecule has 0 heterocycles. The summed E-state index contributed by atoms with van der Waals surface area (Å²) in [5, 5.41) is 17.2. The van der Waals surface area contributed by atoms with Crippen LogP contribution in [0.2, 0.25) is 0 Å². The quantitative estimate of drug-likeness (QED) is 0.484. The van der Waals surface area contributed by atoms with Crippen LogP contribution in [0.1, 0.15) is 5.56 Å². The van der Waals surface area contributed by atoms with E-state index < -0.39 is 4.92 Å². The van der Waals surface area contributed by atoms with Crippen molar-refractivity contribution >= 4 is 34.4 Å². The van der Waals surface area contributed by atoms with Crippen LogP contribution in [0, 0.1) is 17.0 Å². The number of nitrogens with zero attached hydrogens (tertiary/aromatic N) is 1. The van der Waals surface area contributed by atoms with Crippen LogP contribution < -0.4 is 20.1 Å². The Balaban J connectivity index is 2.14. The van der Waals surface area contributed by atoms with Crippen LogP contribution in [0.4, 0.5) is 17.1 Å². The van der Waals surface area contributed by atoms with Gasteiger partial charge in [0.2, 0.25) is 0 Å². The molecule has 0 radical (unpaired) electrons. The summed E-state index contributed by atoms with van der Waals surface area (Å²) in [4.78, 5) is 10.4. The number of anilines is 2. The number of hydrogen-bond acceptors (Lipinski definition) is 5. The molecule has 0 amide bonds. The highest BCUT2D eigenvalue weighted by Crippen LogP contribution is 2.30. The molecule has 24 heavy (non-hydrogen) atoms. The number of nitrogens with one attached hydrogen (secondary N) is 2. The summed E-state index contributed by atoms with van der Waals surface area (Å²) in [6.45, 7) is 1.84. The van der Waals surface area contributed by atoms with E-state index in [9.17, 15) is 10.1 Å². The van der Waals surface area contributed by atoms with Crippen molar-refractivity contribution in [3.05, 3.63) is 52.1 Å². The van der Waals surface area contributed by atoms with Crippen LogP contribution in [0.5, 0.6) is 11.5 Å². The topological polar surface area (TPSA) is 85.7 Å². The second-order valence-electron chi connectivity index (χ2n) is 4.91. The van der Waals surface area contributed by atoms with Crippen molar-refractivity contribution < 1.29 is 14.4 Å². The first-order valence-electron chi connectivity index (χ1n) is 6.99. The Morgan fingerprint density at radius 2 is 1.79 bits per heavy atom. The zero-order valence-electron chi connectivity index (χ0n) is 13.5. The third kappa shape index (κ3) is 4.11. The summed E-state index contributed by atoms with van der Waals surface area (Å²) in [5.41, 5.74) is 2.12. The molecule has 0 fully saturated rings. The normalized spacial score (nSPS) is 9.96. The Morgan fingerprint density at radius 1 is 1.08 bits per heavy atom. The zero-order valence-corrected chi connectivity index (χ0v) is 14.3. The average Bonchev–Trinajstić information content (AvgIpc) is 2.56. The standard InChI is InChI=1S/C16H17N3O4S/c1-10-4-6-12(19(20)21)9-13(10)18-16(24)17-11-5-7-14(22-2)15(8-11)23-3/h4-9H,1-3H3,(H2,17,18,24). The molecule has 0 aliphatic carbocycles. The van der Waals surface area contributed by atoms with Gasteiger partial charge in [0.1, 0.15) is 0 Å². The minimum Gasteiger partial charge on any atom is -0.493 e. The van der Waals surface area contributed by atoms with E-state index in [0.717, 1.165) is 5.56 Å². The highest BCUT2D eigenvalue weighted by atomic mass is 32.1. The molecule has 2 aromatic rings. The first-order chi connectivity index (χ1) is 11.4. The van der Waals surface area contributed by atoms with E-state index in [2.05, 4.69) is 10.6 Å². The highest BCUT2D eigenvalue weighted by molar-refractivity contribution is 7.80. The third-order valence-corrected chi connectivity index (χ3v) is 3.53. The smallest absolute Gasteiger partial charge is 0.271 e. The molecule has 7 nitrogen and oxygen atoms in total. The van der Waals surface area contributed by atoms with Crippen LogP contribution in [-0.4, -0.2) is 24.3 Å². The van der Waals surface area contributed by atoms with Gasteiger partial charge in [0, 0.05) is 29.6 Å². The van der Waals surface area contributed by atoms with Crippen molar-refractivity contribution in [1.29, 1.82) is 0 Å². The maximum Gasteiger partial charge on any atom is 0.271 e. The average molecular weight is 347 g/mol. The predicted octanol–water partition coefficient (Wildman–Crippen LogP) is 3.73. The summed E-state index contributed by atoms with van der Waals surface area (Å²) in [7, 11) is 3.10. The Bertz CT molecular complexity index is 780. The molecular weight excluding hydrogens is 330 g/mol. The molecule has 0 aliphatic rings. The molecule has 0 atom stereocenters. The van der Waals surface area contributed by atoms with Crippen molar-refractivity contribution in [2.75, 3.05) is 24.9 Å². The van der Waals surface area contributed by atoms with Gasteiger partial charge in [0.05, 0.1) is 19.1 Å². The number of benzene rings is 2. The second kappa shape index (κ2) is 7.60. The number of methoxy groups -OCH3 is 2. The Kier molecular flexibility index (Phi) is 5.54. The van der Waals surface area contributed by atoms with Gasteiger partial charge in [-0.1, -0.05) is 6.07 Å². The van der Waals surface area contributed by atoms with E-state index in [0.29, 0.717) is 28.0 Å². The SMILES string of the molecule is COc1ccc(NC(=S)Nc2cc([N+](=O)[O-])ccc2C)cc1OC. The van der Waals surface area contributed by atoms with E-state index in [1.807, 2.05) is 6.92 Å². The second-order valence-corrected chi connectivity index (χ2v) is 5.31. The summed E-state index contributed by atoms with van der Waals surface area (Å²) in [5.74, 6) is 1.17. The summed E-state index contributed by atoms with van der Waals surface area (Å²) in [6, 6.07) is 9.84. The molecule has 8 heteroatoms. The van der Waals surface area contributed by atoms with Crippen molar-refractivity contribution in [1.82, 2.24) is 0 Å². The lowest BCUT2D eigenvalue weighted by molar-refractivity contribution is -0.384. The molecule has 2 rings (SSSR count). The van der Waals surface area contributed by atoms with E-state index in [-0.39, 0.29) is 5.69 Å². The molecule has 0 unspecified atom stereocenters. The van der Waals surface area contributed by atoms with Gasteiger partial charge >= 0.3 is 0 Å². The van der Waals surface area contributed by atoms with Crippen molar-refractivity contribution in [2.45, 2.75) is 6.92 Å². The molecule has 126 valence electrons. The third-order valence-electron chi connectivity index (χ3n) is 3.32. The van der Waals surface area contributed by atoms with Crippen LogP contribution in [0.3, 0.4) is 0 Å². The lowest BCUT2D eigenvalue weighted by atomic mass is 10.2. The van der Waals surface area contributed by atoms with E-state index in [1.54, 1.807) is 38.5 Å². The van der Waals surface area contributed by atoms with Gasteiger partial charge < -0.3 is 20.1 Å². The highest BCUT2D eigenvalue weighted by Gasteiger charge is 2.10. The van der Waals surface area contributed by atoms with Crippen LogP contribution in [0.15, 0.2) is 36.4 Å². The van der Waals surface area contributed by atoms with E-state index in [1.165, 1.54) is 12.1 Å². The number of nitro benzene ring substituents is 1. The summed E-state index contributed by atoms with van der Waals surface area (Å²) >= 11 is 5.26. The van der Waals surface area contributed by atoms with Crippen molar-refractivity contribution in [3.63, 3.8) is 0 Å². The largest absolute Gasteiger partial charge is 0.493 e. The molecule has 0 aliphatic heterocycles. The molecule has 0 spiro atoms. The summed E-state index contributed by atoms with van der Waals surface area (Å²) < 4.78 is 10.4. The molecule has 0 saturated carbocycles. The van der Waals surface area contributed by atoms with Crippen LogP contribution in [-0.2, 0) is 0 Å². The van der Waals surface area contributed by atoms with Crippen LogP contribution >= 0.6 is 12.2 Å². The first-order valence-corrected chi connectivity index (χ1v) is 7.40. The zero-order chi connectivity index (χ0) is 17.7. The minimum absolute atomic E-state index is 0.00276. The molecule has 0 aromatic heterocycles. The van der Waals surface area contributed by atoms with Gasteiger partial charge in [-0.25, -0.2) is 0 Å². The Hall–Kier alpha value is -2.87. The van der Waals surface area contributed by atoms with Crippen molar-refractivity contribution in [2.24, 2.45) is 0 Å². The molecule has 0 bridgehead atoms. The number of ether oxygens (including phenoxy) is 2. The maximum absolute atomic E-state index is 10.9. The van der Waals surface area contributed by atoms with Gasteiger partial charge in [-0.2, -0.15) is 0 Å². The minimum atomic E-state index is -0.449. The fourth-order valence-corrected chi connectivity index (χ4v) is 2.28. The number of nitro groups is 1. The number of non-ortho nitro benzene ring substituents is 1. The van der Waals surface area contributed by atoms with Gasteiger partial charge in [0.15, 0.2) is 16.6 Å². The van der Waals surface area contributed by atoms with Crippen LogP contribution in [0.25, 0.3) is 0 Å². The Morgan fingerprint density at radius 3 is 2.42 bits per heavy atom. The molecular formula is C16H17N3O4S. The van der Waals surface area contributed by atoms with E-state index >= 15 is 0 Å². The molecule has 2 N–H and O–H groups in total. The van der Waals surface area contributed by atoms with Gasteiger partial charge in [-0.05, 0) is 36.8 Å². The number of hydrogen-bond donors (Lipinski definition) is 2. The fraction of sp³-hybridized carbons (Fsp3) is 0.188. The summed E-state index contributed by atoms with van der Waals surface area (Å²) in [6.07, 6.45) is 0. The van der Waals surface area contributed by atoms with Gasteiger partial charge in [-0.3, -0.25) is 10.1 Å². The lowest BCUT2D eigenvalue weighted by Crippen LogP contribution is -2.19. The van der Waals surface area contributed by atoms with Crippen molar-refractivity contribution in [3.8, 4) is 11.5 Å². The monoisotopic (exact) mass is 347 g/mol. The van der Waals surface area contributed by atoms with Gasteiger partial charge in [0.25, 0.3) is 5.69 Å². The molecule has 2 aromatic carbocycles. The van der Waals surface area contributed by atoms with E-state index in [4.69, 9.17) is 21.7 Å².